The summed E-state index contributed by atoms with van der Waals surface area (Å²) in [5.74, 6) is 0.0145. The molecule has 2 aliphatic carbocycles. The van der Waals surface area contributed by atoms with Gasteiger partial charge < -0.3 is 20.5 Å². The van der Waals surface area contributed by atoms with Gasteiger partial charge in [-0.25, -0.2) is 0 Å². The Hall–Kier alpha value is -0.360. The molecule has 0 aromatic rings. The van der Waals surface area contributed by atoms with Gasteiger partial charge in [-0.05, 0) is 39.0 Å². The molecule has 1 saturated heterocycles. The normalized spacial score (nSPS) is 31.7. The molecule has 2 unspecified atom stereocenters. The van der Waals surface area contributed by atoms with Gasteiger partial charge in [0.15, 0.2) is 0 Å². The molecule has 3 N–H and O–H groups in total. The highest BCUT2D eigenvalue weighted by molar-refractivity contribution is 5.86. The minimum Gasteiger partial charge on any atom is -0.381 e. The minimum absolute atomic E-state index is 0. The number of ether oxygens (including phenoxy) is 2. The first kappa shape index (κ1) is 19.0. The Bertz CT molecular complexity index is 407. The van der Waals surface area contributed by atoms with Gasteiger partial charge in [-0.1, -0.05) is 19.3 Å². The van der Waals surface area contributed by atoms with Crippen LogP contribution in [0.2, 0.25) is 0 Å². The maximum atomic E-state index is 12.7. The number of amides is 1. The summed E-state index contributed by atoms with van der Waals surface area (Å²) < 4.78 is 11.3. The van der Waals surface area contributed by atoms with Gasteiger partial charge >= 0.3 is 0 Å². The zero-order valence-corrected chi connectivity index (χ0v) is 15.0. The molecule has 23 heavy (non-hydrogen) atoms. The molecule has 3 rings (SSSR count). The lowest BCUT2D eigenvalue weighted by molar-refractivity contribution is -0.160. The Morgan fingerprint density at radius 2 is 1.87 bits per heavy atom. The fourth-order valence-electron chi connectivity index (χ4n) is 4.53. The third-order valence-electron chi connectivity index (χ3n) is 6.08. The van der Waals surface area contributed by atoms with E-state index in [1.165, 1.54) is 32.1 Å². The molecule has 3 fully saturated rings. The second-order valence-electron chi connectivity index (χ2n) is 7.27. The van der Waals surface area contributed by atoms with Gasteiger partial charge in [-0.2, -0.15) is 0 Å². The number of hydrogen-bond acceptors (Lipinski definition) is 4. The molecule has 1 spiro atoms. The van der Waals surface area contributed by atoms with Crippen molar-refractivity contribution in [3.8, 4) is 0 Å². The molecular weight excluding hydrogens is 316 g/mol. The van der Waals surface area contributed by atoms with Crippen molar-refractivity contribution in [2.45, 2.75) is 76.0 Å². The number of carbonyl (C=O) groups excluding carboxylic acids is 1. The van der Waals surface area contributed by atoms with Crippen LogP contribution in [0, 0.1) is 5.41 Å². The Morgan fingerprint density at radius 3 is 2.48 bits per heavy atom. The highest BCUT2D eigenvalue weighted by atomic mass is 35.5. The summed E-state index contributed by atoms with van der Waals surface area (Å²) in [5, 5.41) is 3.28. The smallest absolute Gasteiger partial charge is 0.240 e. The van der Waals surface area contributed by atoms with Crippen molar-refractivity contribution in [1.29, 1.82) is 0 Å². The molecule has 5 nitrogen and oxygen atoms in total. The Labute approximate surface area is 145 Å². The number of hydrogen-bond donors (Lipinski definition) is 2. The van der Waals surface area contributed by atoms with Gasteiger partial charge in [0.1, 0.15) is 0 Å². The van der Waals surface area contributed by atoms with Crippen molar-refractivity contribution in [3.63, 3.8) is 0 Å². The van der Waals surface area contributed by atoms with E-state index in [1.54, 1.807) is 0 Å². The number of carbonyl (C=O) groups is 1. The maximum absolute atomic E-state index is 12.7. The van der Waals surface area contributed by atoms with Crippen LogP contribution in [0.25, 0.3) is 0 Å². The average Bonchev–Trinajstić information content (AvgIpc) is 2.55. The summed E-state index contributed by atoms with van der Waals surface area (Å²) in [6, 6.07) is 0.236. The van der Waals surface area contributed by atoms with E-state index in [2.05, 4.69) is 12.2 Å². The van der Waals surface area contributed by atoms with Crippen molar-refractivity contribution in [2.75, 3.05) is 19.8 Å². The first-order valence-electron chi connectivity index (χ1n) is 8.90. The predicted molar refractivity (Wildman–Crippen MR) is 91.7 cm³/mol. The molecule has 0 radical (unpaired) electrons. The zero-order valence-electron chi connectivity index (χ0n) is 14.1. The van der Waals surface area contributed by atoms with E-state index < -0.39 is 5.54 Å². The second-order valence-corrected chi connectivity index (χ2v) is 7.27. The van der Waals surface area contributed by atoms with Crippen LogP contribution < -0.4 is 11.1 Å². The maximum Gasteiger partial charge on any atom is 0.240 e. The minimum atomic E-state index is -0.745. The van der Waals surface area contributed by atoms with Crippen LogP contribution in [0.5, 0.6) is 0 Å². The summed E-state index contributed by atoms with van der Waals surface area (Å²) in [4.78, 5) is 12.7. The lowest BCUT2D eigenvalue weighted by Gasteiger charge is -2.58. The Kier molecular flexibility index (Phi) is 6.34. The van der Waals surface area contributed by atoms with Crippen LogP contribution >= 0.6 is 12.4 Å². The van der Waals surface area contributed by atoms with Crippen LogP contribution in [0.3, 0.4) is 0 Å². The van der Waals surface area contributed by atoms with E-state index in [4.69, 9.17) is 15.2 Å². The van der Waals surface area contributed by atoms with E-state index in [0.717, 1.165) is 13.0 Å². The molecule has 0 aromatic carbocycles. The molecular formula is C17H31ClN2O3. The largest absolute Gasteiger partial charge is 0.381 e. The van der Waals surface area contributed by atoms with Crippen LogP contribution in [-0.2, 0) is 14.3 Å². The van der Waals surface area contributed by atoms with Crippen molar-refractivity contribution in [3.05, 3.63) is 0 Å². The molecule has 1 amide bonds. The number of nitrogens with two attached hydrogens (primary N) is 1. The first-order chi connectivity index (χ1) is 10.6. The third kappa shape index (κ3) is 3.53. The summed E-state index contributed by atoms with van der Waals surface area (Å²) in [5.41, 5.74) is 5.73. The van der Waals surface area contributed by atoms with Crippen LogP contribution in [0.15, 0.2) is 0 Å². The topological polar surface area (TPSA) is 73.6 Å². The molecule has 134 valence electrons. The number of rotatable bonds is 4. The van der Waals surface area contributed by atoms with Crippen molar-refractivity contribution in [2.24, 2.45) is 11.1 Å². The Balaban J connectivity index is 0.00000192. The number of halogens is 1. The SMILES string of the molecule is CCOC1CC(NC(=O)C2(N)CCOCC2)C12CCCCC2.Cl. The summed E-state index contributed by atoms with van der Waals surface area (Å²) in [6.45, 7) is 3.98. The fourth-order valence-corrected chi connectivity index (χ4v) is 4.53. The van der Waals surface area contributed by atoms with E-state index in [-0.39, 0.29) is 29.8 Å². The zero-order chi connectivity index (χ0) is 15.6. The van der Waals surface area contributed by atoms with Crippen LogP contribution in [0.1, 0.15) is 58.3 Å². The monoisotopic (exact) mass is 346 g/mol. The third-order valence-corrected chi connectivity index (χ3v) is 6.08. The molecule has 0 aromatic heterocycles. The standard InChI is InChI=1S/C17H30N2O3.ClH/c1-2-22-14-12-13(16(14)6-4-3-5-7-16)19-15(20)17(18)8-10-21-11-9-17;/h13-14H,2-12,18H2,1H3,(H,19,20);1H. The summed E-state index contributed by atoms with van der Waals surface area (Å²) in [7, 11) is 0. The lowest BCUT2D eigenvalue weighted by atomic mass is 9.55. The molecule has 1 aliphatic heterocycles. The molecule has 0 bridgehead atoms. The first-order valence-corrected chi connectivity index (χ1v) is 8.90. The van der Waals surface area contributed by atoms with Crippen LogP contribution in [0.4, 0.5) is 0 Å². The fraction of sp³-hybridized carbons (Fsp3) is 0.941. The highest BCUT2D eigenvalue weighted by Gasteiger charge is 2.56. The van der Waals surface area contributed by atoms with Gasteiger partial charge in [-0.3, -0.25) is 4.79 Å². The van der Waals surface area contributed by atoms with E-state index in [9.17, 15) is 4.79 Å². The van der Waals surface area contributed by atoms with Gasteiger partial charge in [0.25, 0.3) is 0 Å². The summed E-state index contributed by atoms with van der Waals surface area (Å²) >= 11 is 0. The molecule has 2 atom stereocenters. The van der Waals surface area contributed by atoms with Crippen molar-refractivity contribution >= 4 is 18.3 Å². The van der Waals surface area contributed by atoms with Gasteiger partial charge in [-0.15, -0.1) is 12.4 Å². The number of nitrogens with one attached hydrogen (secondary N) is 1. The van der Waals surface area contributed by atoms with E-state index in [0.29, 0.717) is 32.2 Å². The molecule has 2 saturated carbocycles. The molecule has 3 aliphatic rings. The van der Waals surface area contributed by atoms with E-state index in [1.807, 2.05) is 0 Å². The van der Waals surface area contributed by atoms with Gasteiger partial charge in [0, 0.05) is 31.3 Å². The average molecular weight is 347 g/mol. The Morgan fingerprint density at radius 1 is 1.22 bits per heavy atom. The quantitative estimate of drug-likeness (QED) is 0.818. The highest BCUT2D eigenvalue weighted by Crippen LogP contribution is 2.53. The second kappa shape index (κ2) is 7.68. The lowest BCUT2D eigenvalue weighted by Crippen LogP contribution is -2.69. The molecule has 6 heteroatoms. The van der Waals surface area contributed by atoms with Gasteiger partial charge in [0.2, 0.25) is 5.91 Å². The van der Waals surface area contributed by atoms with Crippen molar-refractivity contribution < 1.29 is 14.3 Å². The van der Waals surface area contributed by atoms with Crippen molar-refractivity contribution in [1.82, 2.24) is 5.32 Å². The summed E-state index contributed by atoms with van der Waals surface area (Å²) in [6.07, 6.45) is 8.63. The van der Waals surface area contributed by atoms with E-state index >= 15 is 0 Å². The molecule has 1 heterocycles. The predicted octanol–water partition coefficient (Wildman–Crippen LogP) is 2.16. The van der Waals surface area contributed by atoms with Gasteiger partial charge in [0.05, 0.1) is 11.6 Å². The van der Waals surface area contributed by atoms with Crippen LogP contribution in [-0.4, -0.2) is 43.4 Å².